The fourth-order valence-electron chi connectivity index (χ4n) is 1.15. The molecule has 0 aliphatic carbocycles. The maximum absolute atomic E-state index is 5.63. The van der Waals surface area contributed by atoms with Crippen LogP contribution in [0, 0.1) is 0 Å². The van der Waals surface area contributed by atoms with Gasteiger partial charge in [0.15, 0.2) is 0 Å². The molecular weight excluding hydrogens is 198 g/mol. The third-order valence-electron chi connectivity index (χ3n) is 1.78. The predicted octanol–water partition coefficient (Wildman–Crippen LogP) is 1.66. The zero-order valence-corrected chi connectivity index (χ0v) is 10.8. The Kier molecular flexibility index (Phi) is 6.99. The molecule has 0 radical (unpaired) electrons. The molecule has 0 heterocycles. The molecular formula is C9H21NO3Si. The van der Waals surface area contributed by atoms with Crippen LogP contribution in [0.4, 0.5) is 0 Å². The monoisotopic (exact) mass is 219 g/mol. The maximum Gasteiger partial charge on any atom is 0.551 e. The summed E-state index contributed by atoms with van der Waals surface area (Å²) in [6.45, 7) is 9.44. The van der Waals surface area contributed by atoms with Crippen LogP contribution in [0.5, 0.6) is 0 Å². The number of hydrogen-bond donors (Lipinski definition) is 0. The summed E-state index contributed by atoms with van der Waals surface area (Å²) in [7, 11) is -0.919. The Morgan fingerprint density at radius 3 is 1.57 bits per heavy atom. The molecule has 0 unspecified atom stereocenters. The molecule has 14 heavy (non-hydrogen) atoms. The van der Waals surface area contributed by atoms with Gasteiger partial charge in [-0.05, 0) is 27.7 Å². The van der Waals surface area contributed by atoms with Crippen LogP contribution in [0.3, 0.4) is 0 Å². The summed E-state index contributed by atoms with van der Waals surface area (Å²) in [6, 6.07) is 0. The van der Waals surface area contributed by atoms with Crippen molar-refractivity contribution in [2.24, 2.45) is 4.99 Å². The highest BCUT2D eigenvalue weighted by Gasteiger charge is 2.44. The Hall–Kier alpha value is -0.233. The molecule has 0 spiro atoms. The highest BCUT2D eigenvalue weighted by molar-refractivity contribution is 6.93. The first-order valence-electron chi connectivity index (χ1n) is 5.02. The van der Waals surface area contributed by atoms with Crippen molar-refractivity contribution in [3.8, 4) is 0 Å². The van der Waals surface area contributed by atoms with Crippen LogP contribution < -0.4 is 0 Å². The van der Waals surface area contributed by atoms with E-state index < -0.39 is 8.80 Å². The third-order valence-corrected chi connectivity index (χ3v) is 4.90. The van der Waals surface area contributed by atoms with Crippen molar-refractivity contribution >= 4 is 14.1 Å². The molecule has 0 aromatic heterocycles. The molecule has 0 N–H and O–H groups in total. The molecule has 0 aliphatic rings. The Bertz CT molecular complexity index is 168. The Balaban J connectivity index is 4.72. The van der Waals surface area contributed by atoms with E-state index in [4.69, 9.17) is 13.3 Å². The molecule has 0 saturated heterocycles. The molecule has 0 aromatic rings. The van der Waals surface area contributed by atoms with Crippen molar-refractivity contribution in [2.45, 2.75) is 27.7 Å². The van der Waals surface area contributed by atoms with Crippen molar-refractivity contribution in [2.75, 3.05) is 26.9 Å². The van der Waals surface area contributed by atoms with E-state index in [1.807, 2.05) is 27.7 Å². The molecule has 4 nitrogen and oxygen atoms in total. The first-order chi connectivity index (χ1) is 6.66. The van der Waals surface area contributed by atoms with Crippen LogP contribution in [0.1, 0.15) is 27.7 Å². The average molecular weight is 219 g/mol. The van der Waals surface area contributed by atoms with Gasteiger partial charge < -0.3 is 13.3 Å². The fraction of sp³-hybridized carbons (Fsp3) is 0.889. The van der Waals surface area contributed by atoms with Gasteiger partial charge in [-0.15, -0.1) is 0 Å². The van der Waals surface area contributed by atoms with Crippen LogP contribution in [-0.4, -0.2) is 41.0 Å². The van der Waals surface area contributed by atoms with Gasteiger partial charge in [0, 0.05) is 26.9 Å². The second-order valence-corrected chi connectivity index (χ2v) is 5.37. The average Bonchev–Trinajstić information content (AvgIpc) is 2.17. The van der Waals surface area contributed by atoms with E-state index in [0.717, 1.165) is 5.33 Å². The summed E-state index contributed by atoms with van der Waals surface area (Å²) in [5.74, 6) is 0. The molecule has 84 valence electrons. The van der Waals surface area contributed by atoms with Crippen LogP contribution >= 0.6 is 0 Å². The second kappa shape index (κ2) is 7.11. The second-order valence-electron chi connectivity index (χ2n) is 2.66. The molecule has 0 aliphatic heterocycles. The van der Waals surface area contributed by atoms with Crippen LogP contribution in [0.15, 0.2) is 4.99 Å². The van der Waals surface area contributed by atoms with Gasteiger partial charge in [-0.1, -0.05) is 0 Å². The van der Waals surface area contributed by atoms with E-state index in [-0.39, 0.29) is 0 Å². The highest BCUT2D eigenvalue weighted by atomic mass is 28.4. The van der Waals surface area contributed by atoms with E-state index in [2.05, 4.69) is 4.99 Å². The van der Waals surface area contributed by atoms with E-state index in [1.165, 1.54) is 0 Å². The smallest absolute Gasteiger partial charge is 0.370 e. The summed E-state index contributed by atoms with van der Waals surface area (Å²) >= 11 is 0. The van der Waals surface area contributed by atoms with Gasteiger partial charge in [0.1, 0.15) is 0 Å². The van der Waals surface area contributed by atoms with Gasteiger partial charge >= 0.3 is 8.80 Å². The number of aliphatic imine (C=N–C) groups is 1. The lowest BCUT2D eigenvalue weighted by molar-refractivity contribution is 0.0896. The van der Waals surface area contributed by atoms with Crippen molar-refractivity contribution in [1.82, 2.24) is 0 Å². The van der Waals surface area contributed by atoms with Gasteiger partial charge in [-0.25, -0.2) is 0 Å². The summed E-state index contributed by atoms with van der Waals surface area (Å²) in [5, 5.41) is 0.836. The standard InChI is InChI=1S/C9H21NO3Si/c1-6-11-14(12-7-2,13-8-3)9(4)10-5/h6-8H2,1-5H3/b10-9+. The zero-order chi connectivity index (χ0) is 11.0. The minimum atomic E-state index is -2.65. The van der Waals surface area contributed by atoms with Crippen LogP contribution in [0.2, 0.25) is 0 Å². The predicted molar refractivity (Wildman–Crippen MR) is 59.7 cm³/mol. The number of nitrogens with zero attached hydrogens (tertiary/aromatic N) is 1. The van der Waals surface area contributed by atoms with Crippen molar-refractivity contribution in [3.63, 3.8) is 0 Å². The molecule has 0 bridgehead atoms. The van der Waals surface area contributed by atoms with E-state index in [0.29, 0.717) is 19.8 Å². The summed E-state index contributed by atoms with van der Waals surface area (Å²) < 4.78 is 16.9. The third kappa shape index (κ3) is 3.49. The largest absolute Gasteiger partial charge is 0.551 e. The lowest BCUT2D eigenvalue weighted by Crippen LogP contribution is -2.53. The Morgan fingerprint density at radius 1 is 1.00 bits per heavy atom. The molecule has 0 amide bonds. The topological polar surface area (TPSA) is 40.0 Å². The zero-order valence-electron chi connectivity index (χ0n) is 9.79. The van der Waals surface area contributed by atoms with Crippen molar-refractivity contribution in [3.05, 3.63) is 0 Å². The van der Waals surface area contributed by atoms with E-state index in [1.54, 1.807) is 7.05 Å². The van der Waals surface area contributed by atoms with Gasteiger partial charge in [0.25, 0.3) is 0 Å². The molecule has 0 fully saturated rings. The fourth-order valence-corrected chi connectivity index (χ4v) is 3.44. The number of hydrogen-bond acceptors (Lipinski definition) is 4. The van der Waals surface area contributed by atoms with E-state index >= 15 is 0 Å². The minimum absolute atomic E-state index is 0.582. The Morgan fingerprint density at radius 2 is 1.36 bits per heavy atom. The van der Waals surface area contributed by atoms with Gasteiger partial charge in [0.2, 0.25) is 0 Å². The molecule has 0 atom stereocenters. The summed E-state index contributed by atoms with van der Waals surface area (Å²) in [5.41, 5.74) is 0. The quantitative estimate of drug-likeness (QED) is 0.483. The lowest BCUT2D eigenvalue weighted by Gasteiger charge is -2.27. The van der Waals surface area contributed by atoms with Crippen LogP contribution in [0.25, 0.3) is 0 Å². The SMILES string of the molecule is CCO[Si](OCC)(OCC)/C(C)=N/C. The number of rotatable bonds is 7. The first-order valence-corrected chi connectivity index (χ1v) is 6.75. The molecule has 0 aromatic carbocycles. The lowest BCUT2D eigenvalue weighted by atomic mass is 10.9. The first kappa shape index (κ1) is 13.8. The van der Waals surface area contributed by atoms with Crippen molar-refractivity contribution < 1.29 is 13.3 Å². The molecule has 0 rings (SSSR count). The summed E-state index contributed by atoms with van der Waals surface area (Å²) in [4.78, 5) is 4.12. The molecule has 5 heteroatoms. The molecule has 0 saturated carbocycles. The van der Waals surface area contributed by atoms with Gasteiger partial charge in [-0.2, -0.15) is 0 Å². The maximum atomic E-state index is 5.63. The van der Waals surface area contributed by atoms with Gasteiger partial charge in [0.05, 0.1) is 5.33 Å². The summed E-state index contributed by atoms with van der Waals surface area (Å²) in [6.07, 6.45) is 0. The Labute approximate surface area is 87.6 Å². The van der Waals surface area contributed by atoms with Gasteiger partial charge in [-0.3, -0.25) is 4.99 Å². The van der Waals surface area contributed by atoms with E-state index in [9.17, 15) is 0 Å². The highest BCUT2D eigenvalue weighted by Crippen LogP contribution is 2.12. The normalized spacial score (nSPS) is 13.4. The minimum Gasteiger partial charge on any atom is -0.370 e. The van der Waals surface area contributed by atoms with Crippen LogP contribution in [-0.2, 0) is 13.3 Å². The van der Waals surface area contributed by atoms with Crippen molar-refractivity contribution in [1.29, 1.82) is 0 Å².